The van der Waals surface area contributed by atoms with E-state index in [4.69, 9.17) is 10.00 Å². The first-order valence-corrected chi connectivity index (χ1v) is 8.81. The number of ether oxygens (including phenoxy) is 1. The number of nitriles is 1. The highest BCUT2D eigenvalue weighted by Gasteiger charge is 2.22. The maximum absolute atomic E-state index is 11.9. The minimum Gasteiger partial charge on any atom is -0.497 e. The van der Waals surface area contributed by atoms with Gasteiger partial charge < -0.3 is 15.0 Å². The number of hydrogen-bond donors (Lipinski definition) is 1. The Kier molecular flexibility index (Phi) is 5.43. The highest BCUT2D eigenvalue weighted by Crippen LogP contribution is 2.26. The number of benzene rings is 2. The Balaban J connectivity index is 1.78. The summed E-state index contributed by atoms with van der Waals surface area (Å²) in [5.74, 6) is 0.843. The maximum atomic E-state index is 11.9. The number of Topliss-reactive ketones (excluding diaryl/α,β-unsaturated/α-hetero) is 1. The molecule has 134 valence electrons. The van der Waals surface area contributed by atoms with E-state index in [1.165, 1.54) is 0 Å². The Hall–Kier alpha value is -3.00. The van der Waals surface area contributed by atoms with E-state index < -0.39 is 0 Å². The molecule has 0 aromatic heterocycles. The molecule has 3 rings (SSSR count). The fourth-order valence-electron chi connectivity index (χ4n) is 3.40. The van der Waals surface area contributed by atoms with Gasteiger partial charge in [-0.25, -0.2) is 0 Å². The molecule has 1 fully saturated rings. The number of carbonyl (C=O) groups excluding carboxylic acids is 1. The van der Waals surface area contributed by atoms with E-state index >= 15 is 0 Å². The number of nitrogens with one attached hydrogen (secondary N) is 1. The van der Waals surface area contributed by atoms with Gasteiger partial charge in [-0.15, -0.1) is 0 Å². The Morgan fingerprint density at radius 2 is 2.15 bits per heavy atom. The van der Waals surface area contributed by atoms with Crippen molar-refractivity contribution in [2.75, 3.05) is 30.4 Å². The van der Waals surface area contributed by atoms with Crippen LogP contribution in [0.4, 0.5) is 11.4 Å². The summed E-state index contributed by atoms with van der Waals surface area (Å²) in [5, 5.41) is 12.6. The van der Waals surface area contributed by atoms with Crippen LogP contribution < -0.4 is 15.0 Å². The molecule has 0 spiro atoms. The molecule has 0 radical (unpaired) electrons. The van der Waals surface area contributed by atoms with Crippen molar-refractivity contribution >= 4 is 17.2 Å². The summed E-state index contributed by atoms with van der Waals surface area (Å²) >= 11 is 0. The predicted octanol–water partition coefficient (Wildman–Crippen LogP) is 3.85. The normalized spacial score (nSPS) is 16.7. The second kappa shape index (κ2) is 7.92. The van der Waals surface area contributed by atoms with E-state index in [0.29, 0.717) is 11.1 Å². The third-order valence-corrected chi connectivity index (χ3v) is 4.73. The molecule has 1 saturated heterocycles. The van der Waals surface area contributed by atoms with Crippen LogP contribution in [0.15, 0.2) is 42.5 Å². The number of nitrogens with zero attached hydrogens (tertiary/aromatic N) is 2. The van der Waals surface area contributed by atoms with Gasteiger partial charge in [-0.1, -0.05) is 6.07 Å². The van der Waals surface area contributed by atoms with Crippen LogP contribution in [0.3, 0.4) is 0 Å². The van der Waals surface area contributed by atoms with Crippen molar-refractivity contribution in [3.05, 3.63) is 53.6 Å². The van der Waals surface area contributed by atoms with Crippen molar-refractivity contribution < 1.29 is 9.53 Å². The topological polar surface area (TPSA) is 65.4 Å². The number of piperidine rings is 1. The molecule has 1 aliphatic rings. The van der Waals surface area contributed by atoms with E-state index in [1.807, 2.05) is 18.2 Å². The number of carbonyl (C=O) groups is 1. The largest absolute Gasteiger partial charge is 0.497 e. The molecular weight excluding hydrogens is 326 g/mol. The molecule has 2 aromatic carbocycles. The number of hydrogen-bond acceptors (Lipinski definition) is 5. The number of anilines is 2. The zero-order valence-electron chi connectivity index (χ0n) is 15.2. The lowest BCUT2D eigenvalue weighted by molar-refractivity contribution is 0.101. The number of ketones is 1. The van der Waals surface area contributed by atoms with E-state index in [-0.39, 0.29) is 11.8 Å². The molecule has 2 aromatic rings. The summed E-state index contributed by atoms with van der Waals surface area (Å²) in [6.45, 7) is 3.38. The van der Waals surface area contributed by atoms with Crippen molar-refractivity contribution in [2.24, 2.45) is 0 Å². The molecule has 1 aliphatic heterocycles. The van der Waals surface area contributed by atoms with Gasteiger partial charge in [0.25, 0.3) is 0 Å². The van der Waals surface area contributed by atoms with Crippen LogP contribution in [0.25, 0.3) is 0 Å². The molecule has 1 unspecified atom stereocenters. The summed E-state index contributed by atoms with van der Waals surface area (Å²) in [7, 11) is 1.67. The highest BCUT2D eigenvalue weighted by atomic mass is 16.5. The lowest BCUT2D eigenvalue weighted by atomic mass is 10.0. The number of rotatable bonds is 5. The molecule has 5 heteroatoms. The molecule has 0 saturated carbocycles. The van der Waals surface area contributed by atoms with Crippen LogP contribution in [0, 0.1) is 11.3 Å². The van der Waals surface area contributed by atoms with Gasteiger partial charge in [0.05, 0.1) is 18.7 Å². The van der Waals surface area contributed by atoms with Gasteiger partial charge in [0.2, 0.25) is 0 Å². The van der Waals surface area contributed by atoms with Crippen LogP contribution >= 0.6 is 0 Å². The average Bonchev–Trinajstić information content (AvgIpc) is 2.68. The van der Waals surface area contributed by atoms with Gasteiger partial charge in [-0.2, -0.15) is 5.26 Å². The summed E-state index contributed by atoms with van der Waals surface area (Å²) in [6.07, 6.45) is 2.08. The first-order chi connectivity index (χ1) is 12.6. The van der Waals surface area contributed by atoms with Gasteiger partial charge in [-0.05, 0) is 50.1 Å². The SMILES string of the molecule is COc1cccc(N2CCCC(Nc3cc(C#N)ccc3C(C)=O)C2)c1. The molecule has 0 amide bonds. The minimum absolute atomic E-state index is 0.00236. The summed E-state index contributed by atoms with van der Waals surface area (Å²) in [5.41, 5.74) is 3.06. The summed E-state index contributed by atoms with van der Waals surface area (Å²) < 4.78 is 5.33. The molecule has 0 bridgehead atoms. The van der Waals surface area contributed by atoms with Crippen molar-refractivity contribution in [2.45, 2.75) is 25.8 Å². The lowest BCUT2D eigenvalue weighted by Crippen LogP contribution is -2.42. The lowest BCUT2D eigenvalue weighted by Gasteiger charge is -2.35. The summed E-state index contributed by atoms with van der Waals surface area (Å²) in [6, 6.07) is 15.6. The third-order valence-electron chi connectivity index (χ3n) is 4.73. The smallest absolute Gasteiger partial charge is 0.161 e. The van der Waals surface area contributed by atoms with Gasteiger partial charge in [0.15, 0.2) is 5.78 Å². The second-order valence-electron chi connectivity index (χ2n) is 6.56. The van der Waals surface area contributed by atoms with E-state index in [1.54, 1.807) is 32.2 Å². The van der Waals surface area contributed by atoms with Gasteiger partial charge >= 0.3 is 0 Å². The Bertz CT molecular complexity index is 841. The number of methoxy groups -OCH3 is 1. The third kappa shape index (κ3) is 3.97. The Morgan fingerprint density at radius 1 is 1.31 bits per heavy atom. The van der Waals surface area contributed by atoms with Crippen LogP contribution in [-0.4, -0.2) is 32.0 Å². The molecule has 5 nitrogen and oxygen atoms in total. The van der Waals surface area contributed by atoms with Gasteiger partial charge in [0, 0.05) is 42.1 Å². The second-order valence-corrected chi connectivity index (χ2v) is 6.56. The maximum Gasteiger partial charge on any atom is 0.161 e. The van der Waals surface area contributed by atoms with E-state index in [2.05, 4.69) is 22.4 Å². The van der Waals surface area contributed by atoms with Crippen molar-refractivity contribution in [3.63, 3.8) is 0 Å². The molecule has 0 aliphatic carbocycles. The molecule has 26 heavy (non-hydrogen) atoms. The predicted molar refractivity (Wildman–Crippen MR) is 103 cm³/mol. The van der Waals surface area contributed by atoms with Crippen LogP contribution in [-0.2, 0) is 0 Å². The van der Waals surface area contributed by atoms with E-state index in [9.17, 15) is 4.79 Å². The van der Waals surface area contributed by atoms with E-state index in [0.717, 1.165) is 43.1 Å². The first kappa shape index (κ1) is 17.8. The van der Waals surface area contributed by atoms with Crippen LogP contribution in [0.5, 0.6) is 5.75 Å². The first-order valence-electron chi connectivity index (χ1n) is 8.81. The average molecular weight is 349 g/mol. The fourth-order valence-corrected chi connectivity index (χ4v) is 3.40. The quantitative estimate of drug-likeness (QED) is 0.831. The van der Waals surface area contributed by atoms with Gasteiger partial charge in [-0.3, -0.25) is 4.79 Å². The molecular formula is C21H23N3O2. The molecule has 1 heterocycles. The zero-order valence-corrected chi connectivity index (χ0v) is 15.2. The Morgan fingerprint density at radius 3 is 2.88 bits per heavy atom. The standard InChI is InChI=1S/C21H23N3O2/c1-15(25)20-9-8-16(13-22)11-21(20)23-17-5-4-10-24(14-17)18-6-3-7-19(12-18)26-2/h3,6-9,11-12,17,23H,4-5,10,14H2,1-2H3. The molecule has 1 N–H and O–H groups in total. The summed E-state index contributed by atoms with van der Waals surface area (Å²) in [4.78, 5) is 14.2. The van der Waals surface area contributed by atoms with Crippen molar-refractivity contribution in [1.29, 1.82) is 5.26 Å². The fraction of sp³-hybridized carbons (Fsp3) is 0.333. The van der Waals surface area contributed by atoms with Crippen LogP contribution in [0.2, 0.25) is 0 Å². The highest BCUT2D eigenvalue weighted by molar-refractivity contribution is 5.99. The Labute approximate surface area is 154 Å². The monoisotopic (exact) mass is 349 g/mol. The van der Waals surface area contributed by atoms with Crippen LogP contribution in [0.1, 0.15) is 35.7 Å². The zero-order chi connectivity index (χ0) is 18.5. The van der Waals surface area contributed by atoms with Crippen molar-refractivity contribution in [1.82, 2.24) is 0 Å². The minimum atomic E-state index is -0.00236. The molecule has 1 atom stereocenters. The van der Waals surface area contributed by atoms with Crippen molar-refractivity contribution in [3.8, 4) is 11.8 Å². The van der Waals surface area contributed by atoms with Gasteiger partial charge in [0.1, 0.15) is 5.75 Å².